The molecule has 3 unspecified atom stereocenters. The molecule has 4 aliphatic rings. The summed E-state index contributed by atoms with van der Waals surface area (Å²) in [5.74, 6) is 1.01. The summed E-state index contributed by atoms with van der Waals surface area (Å²) in [4.78, 5) is 17.1. The van der Waals surface area contributed by atoms with E-state index in [1.54, 1.807) is 0 Å². The van der Waals surface area contributed by atoms with Crippen molar-refractivity contribution < 1.29 is 14.3 Å². The second-order valence-electron chi connectivity index (χ2n) is 8.83. The zero-order chi connectivity index (χ0) is 19.6. The number of hydrogen-bond donors (Lipinski definition) is 1. The normalized spacial score (nSPS) is 33.6. The lowest BCUT2D eigenvalue weighted by molar-refractivity contribution is -0.128. The SMILES string of the molecule is C=C/C=C(\C=C)CCCN1CC2CC3(CC21)CN(CC1COCOC1)C(=O)N3. The highest BCUT2D eigenvalue weighted by Crippen LogP contribution is 2.46. The van der Waals surface area contributed by atoms with Crippen LogP contribution in [0.3, 0.4) is 0 Å². The predicted octanol–water partition coefficient (Wildman–Crippen LogP) is 2.54. The number of allylic oxidation sites excluding steroid dienone is 4. The maximum atomic E-state index is 12.6. The molecule has 6 heteroatoms. The number of carbonyl (C=O) groups is 1. The van der Waals surface area contributed by atoms with E-state index in [0.717, 1.165) is 51.2 Å². The third-order valence-electron chi connectivity index (χ3n) is 6.75. The highest BCUT2D eigenvalue weighted by molar-refractivity contribution is 5.78. The largest absolute Gasteiger partial charge is 0.355 e. The highest BCUT2D eigenvalue weighted by atomic mass is 16.7. The molecule has 3 saturated heterocycles. The number of nitrogens with one attached hydrogen (secondary N) is 1. The van der Waals surface area contributed by atoms with Crippen molar-refractivity contribution in [3.63, 3.8) is 0 Å². The van der Waals surface area contributed by atoms with Crippen LogP contribution in [-0.4, -0.2) is 73.6 Å². The van der Waals surface area contributed by atoms with Gasteiger partial charge in [0.25, 0.3) is 0 Å². The minimum Gasteiger partial charge on any atom is -0.355 e. The molecule has 3 atom stereocenters. The van der Waals surface area contributed by atoms with Crippen LogP contribution in [0.5, 0.6) is 0 Å². The molecule has 3 aliphatic heterocycles. The van der Waals surface area contributed by atoms with E-state index in [4.69, 9.17) is 9.47 Å². The molecule has 0 aromatic carbocycles. The van der Waals surface area contributed by atoms with E-state index in [9.17, 15) is 4.79 Å². The Morgan fingerprint density at radius 2 is 2.11 bits per heavy atom. The molecule has 1 aliphatic carbocycles. The summed E-state index contributed by atoms with van der Waals surface area (Å²) in [6, 6.07) is 0.709. The van der Waals surface area contributed by atoms with Gasteiger partial charge in [-0.05, 0) is 43.7 Å². The number of likely N-dealkylation sites (tertiary alicyclic amines) is 1. The van der Waals surface area contributed by atoms with Crippen LogP contribution in [-0.2, 0) is 9.47 Å². The Labute approximate surface area is 168 Å². The smallest absolute Gasteiger partial charge is 0.317 e. The molecule has 1 N–H and O–H groups in total. The first-order valence-corrected chi connectivity index (χ1v) is 10.5. The van der Waals surface area contributed by atoms with E-state index in [2.05, 4.69) is 23.4 Å². The molecule has 0 aromatic rings. The first kappa shape index (κ1) is 19.7. The molecule has 6 nitrogen and oxygen atoms in total. The lowest BCUT2D eigenvalue weighted by atomic mass is 9.91. The number of urea groups is 1. The Hall–Kier alpha value is -1.63. The number of rotatable bonds is 8. The number of nitrogens with zero attached hydrogens (tertiary/aromatic N) is 2. The van der Waals surface area contributed by atoms with Gasteiger partial charge in [0, 0.05) is 31.6 Å². The lowest BCUT2D eigenvalue weighted by Gasteiger charge is -2.44. The van der Waals surface area contributed by atoms with E-state index in [-0.39, 0.29) is 17.5 Å². The average Bonchev–Trinajstić information content (AvgIpc) is 3.14. The summed E-state index contributed by atoms with van der Waals surface area (Å²) >= 11 is 0. The van der Waals surface area contributed by atoms with Gasteiger partial charge in [-0.3, -0.25) is 4.90 Å². The Bertz CT molecular complexity index is 643. The van der Waals surface area contributed by atoms with E-state index in [0.29, 0.717) is 26.0 Å². The molecule has 4 rings (SSSR count). The molecule has 154 valence electrons. The fraction of sp³-hybridized carbons (Fsp3) is 0.682. The van der Waals surface area contributed by atoms with Crippen LogP contribution < -0.4 is 5.32 Å². The summed E-state index contributed by atoms with van der Waals surface area (Å²) in [5, 5.41) is 3.34. The number of fused-ring (bicyclic) bond motifs is 1. The molecule has 4 fully saturated rings. The standard InChI is InChI=1S/C22H33N3O3/c1-3-6-17(4-2)7-5-8-24-12-19-9-22(10-20(19)24)15-25(21(26)23-22)11-18-13-27-16-28-14-18/h3-4,6,18-20H,1-2,5,7-16H2,(H,23,26)/b17-6+. The molecule has 1 saturated carbocycles. The average molecular weight is 388 g/mol. The fourth-order valence-corrected chi connectivity index (χ4v) is 5.46. The first-order valence-electron chi connectivity index (χ1n) is 10.5. The fourth-order valence-electron chi connectivity index (χ4n) is 5.46. The molecule has 2 amide bonds. The molecule has 28 heavy (non-hydrogen) atoms. The monoisotopic (exact) mass is 387 g/mol. The van der Waals surface area contributed by atoms with Crippen LogP contribution in [0, 0.1) is 11.8 Å². The van der Waals surface area contributed by atoms with Gasteiger partial charge in [-0.2, -0.15) is 0 Å². The van der Waals surface area contributed by atoms with Gasteiger partial charge < -0.3 is 19.7 Å². The van der Waals surface area contributed by atoms with Gasteiger partial charge in [0.1, 0.15) is 6.79 Å². The van der Waals surface area contributed by atoms with Crippen LogP contribution in [0.25, 0.3) is 0 Å². The first-order chi connectivity index (χ1) is 13.6. The quantitative estimate of drug-likeness (QED) is 0.651. The van der Waals surface area contributed by atoms with Crippen molar-refractivity contribution in [2.24, 2.45) is 11.8 Å². The summed E-state index contributed by atoms with van der Waals surface area (Å²) in [6.45, 7) is 13.2. The molecule has 0 bridgehead atoms. The van der Waals surface area contributed by atoms with Gasteiger partial charge in [-0.1, -0.05) is 31.4 Å². The number of carbonyl (C=O) groups excluding carboxylic acids is 1. The van der Waals surface area contributed by atoms with Crippen LogP contribution in [0.2, 0.25) is 0 Å². The van der Waals surface area contributed by atoms with Gasteiger partial charge in [-0.25, -0.2) is 4.79 Å². The maximum Gasteiger partial charge on any atom is 0.317 e. The van der Waals surface area contributed by atoms with Crippen molar-refractivity contribution in [1.29, 1.82) is 0 Å². The number of hydrogen-bond acceptors (Lipinski definition) is 4. The second-order valence-corrected chi connectivity index (χ2v) is 8.83. The van der Waals surface area contributed by atoms with Crippen molar-refractivity contribution in [1.82, 2.24) is 15.1 Å². The van der Waals surface area contributed by atoms with Crippen molar-refractivity contribution in [3.8, 4) is 0 Å². The summed E-state index contributed by atoms with van der Waals surface area (Å²) in [7, 11) is 0. The Balaban J connectivity index is 1.26. The van der Waals surface area contributed by atoms with Gasteiger partial charge in [0.05, 0.1) is 18.8 Å². The Morgan fingerprint density at radius 1 is 1.29 bits per heavy atom. The van der Waals surface area contributed by atoms with E-state index in [1.807, 2.05) is 23.1 Å². The molecular formula is C22H33N3O3. The van der Waals surface area contributed by atoms with Crippen molar-refractivity contribution in [2.45, 2.75) is 37.3 Å². The molecular weight excluding hydrogens is 354 g/mol. The van der Waals surface area contributed by atoms with E-state index < -0.39 is 0 Å². The van der Waals surface area contributed by atoms with Crippen molar-refractivity contribution >= 4 is 6.03 Å². The molecule has 1 spiro atoms. The third-order valence-corrected chi connectivity index (χ3v) is 6.75. The summed E-state index contributed by atoms with van der Waals surface area (Å²) in [6.07, 6.45) is 10.2. The zero-order valence-corrected chi connectivity index (χ0v) is 16.8. The van der Waals surface area contributed by atoms with E-state index >= 15 is 0 Å². The van der Waals surface area contributed by atoms with Crippen molar-refractivity contribution in [3.05, 3.63) is 37.0 Å². The van der Waals surface area contributed by atoms with E-state index in [1.165, 1.54) is 12.1 Å². The number of amides is 2. The zero-order valence-electron chi connectivity index (χ0n) is 16.8. The minimum absolute atomic E-state index is 0.0352. The highest BCUT2D eigenvalue weighted by Gasteiger charge is 2.56. The minimum atomic E-state index is -0.0352. The maximum absolute atomic E-state index is 12.6. The molecule has 0 aromatic heterocycles. The molecule has 0 radical (unpaired) electrons. The van der Waals surface area contributed by atoms with Gasteiger partial charge in [0.2, 0.25) is 0 Å². The second kappa shape index (κ2) is 8.39. The third kappa shape index (κ3) is 4.04. The molecule has 3 heterocycles. The van der Waals surface area contributed by atoms with Crippen LogP contribution in [0.4, 0.5) is 4.79 Å². The topological polar surface area (TPSA) is 54.0 Å². The Kier molecular flexibility index (Phi) is 5.90. The van der Waals surface area contributed by atoms with Crippen LogP contribution >= 0.6 is 0 Å². The summed E-state index contributed by atoms with van der Waals surface area (Å²) in [5.41, 5.74) is 1.22. The van der Waals surface area contributed by atoms with Gasteiger partial charge in [0.15, 0.2) is 0 Å². The Morgan fingerprint density at radius 3 is 2.86 bits per heavy atom. The van der Waals surface area contributed by atoms with Gasteiger partial charge in [-0.15, -0.1) is 0 Å². The van der Waals surface area contributed by atoms with Crippen molar-refractivity contribution in [2.75, 3.05) is 46.2 Å². The van der Waals surface area contributed by atoms with Crippen LogP contribution in [0.1, 0.15) is 25.7 Å². The lowest BCUT2D eigenvalue weighted by Crippen LogP contribution is -2.53. The number of ether oxygens (including phenoxy) is 2. The van der Waals surface area contributed by atoms with Crippen LogP contribution in [0.15, 0.2) is 37.0 Å². The predicted molar refractivity (Wildman–Crippen MR) is 109 cm³/mol. The summed E-state index contributed by atoms with van der Waals surface area (Å²) < 4.78 is 10.8. The van der Waals surface area contributed by atoms with Gasteiger partial charge >= 0.3 is 6.03 Å².